The van der Waals surface area contributed by atoms with Gasteiger partial charge in [-0.1, -0.05) is 0 Å². The summed E-state index contributed by atoms with van der Waals surface area (Å²) in [5, 5.41) is 0. The van der Waals surface area contributed by atoms with E-state index in [1.165, 1.54) is 12.1 Å². The van der Waals surface area contributed by atoms with Gasteiger partial charge in [0, 0.05) is 24.8 Å². The van der Waals surface area contributed by atoms with Crippen LogP contribution in [0.3, 0.4) is 0 Å². The number of hydrogen-bond donors (Lipinski definition) is 1. The summed E-state index contributed by atoms with van der Waals surface area (Å²) in [4.78, 5) is 0. The smallest absolute Gasteiger partial charge is 0.126 e. The molecule has 0 aromatic heterocycles. The molecular weight excluding hydrogens is 200 g/mol. The van der Waals surface area contributed by atoms with Gasteiger partial charge < -0.3 is 10.5 Å². The maximum absolute atomic E-state index is 13.0. The molecule has 2 nitrogen and oxygen atoms in total. The minimum atomic E-state index is -0.652. The molecule has 0 aliphatic carbocycles. The Hall–Kier alpha value is -1.00. The first-order valence-electron chi connectivity index (χ1n) is 4.93. The normalized spacial score (nSPS) is 20.2. The minimum absolute atomic E-state index is 0.517. The molecule has 0 spiro atoms. The maximum atomic E-state index is 13.0. The highest BCUT2D eigenvalue weighted by Crippen LogP contribution is 2.30. The van der Waals surface area contributed by atoms with Gasteiger partial charge in [-0.3, -0.25) is 0 Å². The fourth-order valence-electron chi connectivity index (χ4n) is 1.87. The quantitative estimate of drug-likeness (QED) is 0.773. The molecule has 0 radical (unpaired) electrons. The van der Waals surface area contributed by atoms with Crippen molar-refractivity contribution in [1.82, 2.24) is 0 Å². The topological polar surface area (TPSA) is 35.2 Å². The largest absolute Gasteiger partial charge is 0.381 e. The van der Waals surface area contributed by atoms with Crippen LogP contribution in [0.4, 0.5) is 8.78 Å². The van der Waals surface area contributed by atoms with E-state index in [4.69, 9.17) is 10.5 Å². The first-order chi connectivity index (χ1) is 7.10. The van der Waals surface area contributed by atoms with Crippen molar-refractivity contribution in [3.63, 3.8) is 0 Å². The molecule has 0 atom stereocenters. The zero-order valence-electron chi connectivity index (χ0n) is 8.30. The van der Waals surface area contributed by atoms with E-state index in [0.29, 0.717) is 31.6 Å². The lowest BCUT2D eigenvalue weighted by molar-refractivity contribution is 0.0520. The molecule has 1 heterocycles. The van der Waals surface area contributed by atoms with Crippen LogP contribution in [0, 0.1) is 11.6 Å². The molecule has 1 aliphatic heterocycles. The van der Waals surface area contributed by atoms with Crippen LogP contribution in [0.1, 0.15) is 18.4 Å². The molecule has 0 amide bonds. The van der Waals surface area contributed by atoms with Crippen molar-refractivity contribution in [2.24, 2.45) is 5.73 Å². The Morgan fingerprint density at radius 2 is 1.60 bits per heavy atom. The van der Waals surface area contributed by atoms with Crippen LogP contribution in [-0.2, 0) is 10.3 Å². The Balaban J connectivity index is 2.34. The van der Waals surface area contributed by atoms with Gasteiger partial charge in [-0.2, -0.15) is 0 Å². The van der Waals surface area contributed by atoms with Crippen LogP contribution in [0.2, 0.25) is 0 Å². The summed E-state index contributed by atoms with van der Waals surface area (Å²) in [6.45, 7) is 1.07. The summed E-state index contributed by atoms with van der Waals surface area (Å²) in [5.74, 6) is -1.16. The molecule has 1 aliphatic rings. The molecule has 2 rings (SSSR count). The number of nitrogens with two attached hydrogens (primary N) is 1. The monoisotopic (exact) mass is 213 g/mol. The summed E-state index contributed by atoms with van der Waals surface area (Å²) in [5.41, 5.74) is 5.97. The number of rotatable bonds is 1. The van der Waals surface area contributed by atoms with E-state index in [2.05, 4.69) is 0 Å². The first kappa shape index (κ1) is 10.5. The molecule has 4 heteroatoms. The summed E-state index contributed by atoms with van der Waals surface area (Å²) < 4.78 is 31.2. The second-order valence-electron chi connectivity index (χ2n) is 3.93. The summed E-state index contributed by atoms with van der Waals surface area (Å²) in [7, 11) is 0. The Morgan fingerprint density at radius 1 is 1.07 bits per heavy atom. The van der Waals surface area contributed by atoms with Gasteiger partial charge in [-0.05, 0) is 30.5 Å². The lowest BCUT2D eigenvalue weighted by atomic mass is 9.84. The zero-order chi connectivity index (χ0) is 10.9. The van der Waals surface area contributed by atoms with Crippen LogP contribution in [-0.4, -0.2) is 13.2 Å². The van der Waals surface area contributed by atoms with Gasteiger partial charge >= 0.3 is 0 Å². The van der Waals surface area contributed by atoms with E-state index in [0.717, 1.165) is 6.07 Å². The Kier molecular flexibility index (Phi) is 2.71. The summed E-state index contributed by atoms with van der Waals surface area (Å²) >= 11 is 0. The number of hydrogen-bond acceptors (Lipinski definition) is 2. The SMILES string of the molecule is NC1(c2cc(F)cc(F)c2)CCOCC1. The second-order valence-corrected chi connectivity index (χ2v) is 3.93. The minimum Gasteiger partial charge on any atom is -0.381 e. The van der Waals surface area contributed by atoms with E-state index in [9.17, 15) is 8.78 Å². The van der Waals surface area contributed by atoms with E-state index in [1.807, 2.05) is 0 Å². The molecule has 2 N–H and O–H groups in total. The molecule has 0 saturated carbocycles. The van der Waals surface area contributed by atoms with Crippen molar-refractivity contribution >= 4 is 0 Å². The zero-order valence-corrected chi connectivity index (χ0v) is 8.30. The van der Waals surface area contributed by atoms with Crippen LogP contribution < -0.4 is 5.73 Å². The summed E-state index contributed by atoms with van der Waals surface area (Å²) in [6, 6.07) is 3.45. The lowest BCUT2D eigenvalue weighted by Gasteiger charge is -2.33. The average Bonchev–Trinajstić information content (AvgIpc) is 2.17. The third-order valence-corrected chi connectivity index (χ3v) is 2.82. The number of ether oxygens (including phenoxy) is 1. The molecule has 0 bridgehead atoms. The third-order valence-electron chi connectivity index (χ3n) is 2.82. The fourth-order valence-corrected chi connectivity index (χ4v) is 1.87. The van der Waals surface area contributed by atoms with Gasteiger partial charge in [0.15, 0.2) is 0 Å². The highest BCUT2D eigenvalue weighted by Gasteiger charge is 2.30. The summed E-state index contributed by atoms with van der Waals surface area (Å²) in [6.07, 6.45) is 1.19. The van der Waals surface area contributed by atoms with Gasteiger partial charge in [0.05, 0.1) is 0 Å². The van der Waals surface area contributed by atoms with Gasteiger partial charge in [0.1, 0.15) is 11.6 Å². The maximum Gasteiger partial charge on any atom is 0.126 e. The average molecular weight is 213 g/mol. The van der Waals surface area contributed by atoms with E-state index < -0.39 is 17.2 Å². The van der Waals surface area contributed by atoms with Crippen molar-refractivity contribution in [1.29, 1.82) is 0 Å². The molecule has 1 aromatic rings. The van der Waals surface area contributed by atoms with E-state index in [1.54, 1.807) is 0 Å². The van der Waals surface area contributed by atoms with Crippen molar-refractivity contribution in [2.45, 2.75) is 18.4 Å². The molecule has 0 unspecified atom stereocenters. The highest BCUT2D eigenvalue weighted by molar-refractivity contribution is 5.26. The predicted molar refractivity (Wildman–Crippen MR) is 52.3 cm³/mol. The van der Waals surface area contributed by atoms with Crippen LogP contribution >= 0.6 is 0 Å². The van der Waals surface area contributed by atoms with Gasteiger partial charge in [-0.15, -0.1) is 0 Å². The number of benzene rings is 1. The van der Waals surface area contributed by atoms with Gasteiger partial charge in [0.25, 0.3) is 0 Å². The van der Waals surface area contributed by atoms with E-state index in [-0.39, 0.29) is 0 Å². The standard InChI is InChI=1S/C11H13F2NO/c12-9-5-8(6-10(13)7-9)11(14)1-3-15-4-2-11/h5-7H,1-4,14H2. The second kappa shape index (κ2) is 3.87. The Bertz CT molecular complexity index is 341. The van der Waals surface area contributed by atoms with Gasteiger partial charge in [-0.25, -0.2) is 8.78 Å². The Morgan fingerprint density at radius 3 is 2.13 bits per heavy atom. The molecule has 1 aromatic carbocycles. The lowest BCUT2D eigenvalue weighted by Crippen LogP contribution is -2.42. The third kappa shape index (κ3) is 2.16. The predicted octanol–water partition coefficient (Wildman–Crippen LogP) is 1.93. The van der Waals surface area contributed by atoms with Crippen molar-refractivity contribution in [3.05, 3.63) is 35.4 Å². The van der Waals surface area contributed by atoms with Crippen LogP contribution in [0.25, 0.3) is 0 Å². The Labute approximate surface area is 87.0 Å². The van der Waals surface area contributed by atoms with Crippen molar-refractivity contribution < 1.29 is 13.5 Å². The molecule has 1 saturated heterocycles. The first-order valence-corrected chi connectivity index (χ1v) is 4.93. The van der Waals surface area contributed by atoms with E-state index >= 15 is 0 Å². The molecule has 1 fully saturated rings. The van der Waals surface area contributed by atoms with Crippen LogP contribution in [0.5, 0.6) is 0 Å². The highest BCUT2D eigenvalue weighted by atomic mass is 19.1. The van der Waals surface area contributed by atoms with Crippen LogP contribution in [0.15, 0.2) is 18.2 Å². The molecule has 15 heavy (non-hydrogen) atoms. The van der Waals surface area contributed by atoms with Crippen molar-refractivity contribution in [2.75, 3.05) is 13.2 Å². The number of halogens is 2. The molecular formula is C11H13F2NO. The van der Waals surface area contributed by atoms with Gasteiger partial charge in [0.2, 0.25) is 0 Å². The van der Waals surface area contributed by atoms with Crippen molar-refractivity contribution in [3.8, 4) is 0 Å². The molecule has 82 valence electrons. The fraction of sp³-hybridized carbons (Fsp3) is 0.455.